The molecule has 0 unspecified atom stereocenters. The molecule has 2 amide bonds. The second kappa shape index (κ2) is 5.17. The van der Waals surface area contributed by atoms with Gasteiger partial charge in [-0.3, -0.25) is 0 Å². The standard InChI is InChI=1S/C13H16N2O4/c1-19-10-5-2-4-9(8-10)14-12(18)15-13(11(16)17)6-3-7-13/h2,4-5,8H,3,6-7H2,1H3,(H,16,17)(H2,14,15,18). The Kier molecular flexibility index (Phi) is 3.59. The first-order valence-electron chi connectivity index (χ1n) is 6.02. The summed E-state index contributed by atoms with van der Waals surface area (Å²) in [5.74, 6) is -0.367. The lowest BCUT2D eigenvalue weighted by Crippen LogP contribution is -2.60. The minimum Gasteiger partial charge on any atom is -0.497 e. The van der Waals surface area contributed by atoms with E-state index in [1.807, 2.05) is 0 Å². The van der Waals surface area contributed by atoms with Crippen LogP contribution in [0, 0.1) is 0 Å². The van der Waals surface area contributed by atoms with Crippen LogP contribution in [0.1, 0.15) is 19.3 Å². The van der Waals surface area contributed by atoms with Gasteiger partial charge in [0.15, 0.2) is 0 Å². The van der Waals surface area contributed by atoms with Gasteiger partial charge in [0.1, 0.15) is 11.3 Å². The maximum atomic E-state index is 11.8. The number of carbonyl (C=O) groups excluding carboxylic acids is 1. The number of carboxylic acid groups (broad SMARTS) is 1. The van der Waals surface area contributed by atoms with Crippen molar-refractivity contribution in [2.24, 2.45) is 0 Å². The van der Waals surface area contributed by atoms with Crippen LogP contribution in [0.15, 0.2) is 24.3 Å². The zero-order valence-electron chi connectivity index (χ0n) is 10.6. The predicted octanol–water partition coefficient (Wildman–Crippen LogP) is 1.82. The SMILES string of the molecule is COc1cccc(NC(=O)NC2(C(=O)O)CCC2)c1. The number of amides is 2. The molecule has 19 heavy (non-hydrogen) atoms. The van der Waals surface area contributed by atoms with E-state index in [0.717, 1.165) is 6.42 Å². The summed E-state index contributed by atoms with van der Waals surface area (Å²) in [5, 5.41) is 14.2. The third kappa shape index (κ3) is 2.78. The van der Waals surface area contributed by atoms with Gasteiger partial charge in [0.25, 0.3) is 0 Å². The molecule has 1 aromatic carbocycles. The summed E-state index contributed by atoms with van der Waals surface area (Å²) in [6, 6.07) is 6.35. The van der Waals surface area contributed by atoms with Crippen LogP contribution in [-0.2, 0) is 4.79 Å². The fourth-order valence-corrected chi connectivity index (χ4v) is 2.00. The quantitative estimate of drug-likeness (QED) is 0.774. The monoisotopic (exact) mass is 264 g/mol. The maximum absolute atomic E-state index is 11.8. The van der Waals surface area contributed by atoms with Gasteiger partial charge in [0.05, 0.1) is 7.11 Å². The van der Waals surface area contributed by atoms with Crippen molar-refractivity contribution in [2.75, 3.05) is 12.4 Å². The zero-order chi connectivity index (χ0) is 13.9. The molecule has 0 aromatic heterocycles. The average molecular weight is 264 g/mol. The third-order valence-electron chi connectivity index (χ3n) is 3.30. The molecule has 0 bridgehead atoms. The lowest BCUT2D eigenvalue weighted by molar-refractivity contribution is -0.148. The number of carboxylic acids is 1. The first kappa shape index (κ1) is 13.2. The number of aliphatic carboxylic acids is 1. The Morgan fingerprint density at radius 1 is 1.37 bits per heavy atom. The number of nitrogens with one attached hydrogen (secondary N) is 2. The van der Waals surface area contributed by atoms with Gasteiger partial charge in [0, 0.05) is 11.8 Å². The molecule has 102 valence electrons. The van der Waals surface area contributed by atoms with Gasteiger partial charge < -0.3 is 20.5 Å². The molecule has 1 aliphatic carbocycles. The highest BCUT2D eigenvalue weighted by molar-refractivity contribution is 5.94. The highest BCUT2D eigenvalue weighted by Crippen LogP contribution is 2.32. The van der Waals surface area contributed by atoms with Gasteiger partial charge in [-0.25, -0.2) is 9.59 Å². The molecule has 1 aromatic rings. The van der Waals surface area contributed by atoms with E-state index in [-0.39, 0.29) is 0 Å². The van der Waals surface area contributed by atoms with Crippen LogP contribution in [0.4, 0.5) is 10.5 Å². The van der Waals surface area contributed by atoms with Gasteiger partial charge in [0.2, 0.25) is 0 Å². The van der Waals surface area contributed by atoms with Crippen molar-refractivity contribution in [3.63, 3.8) is 0 Å². The van der Waals surface area contributed by atoms with E-state index in [4.69, 9.17) is 9.84 Å². The number of hydrogen-bond donors (Lipinski definition) is 3. The summed E-state index contributed by atoms with van der Waals surface area (Å²) in [5.41, 5.74) is -0.556. The van der Waals surface area contributed by atoms with Gasteiger partial charge in [-0.1, -0.05) is 6.07 Å². The number of anilines is 1. The summed E-state index contributed by atoms with van der Waals surface area (Å²) in [7, 11) is 1.53. The number of benzene rings is 1. The molecule has 0 heterocycles. The van der Waals surface area contributed by atoms with Crippen molar-refractivity contribution < 1.29 is 19.4 Å². The van der Waals surface area contributed by atoms with Crippen LogP contribution in [0.2, 0.25) is 0 Å². The molecule has 2 rings (SSSR count). The lowest BCUT2D eigenvalue weighted by Gasteiger charge is -2.38. The van der Waals surface area contributed by atoms with Crippen LogP contribution >= 0.6 is 0 Å². The van der Waals surface area contributed by atoms with Crippen molar-refractivity contribution >= 4 is 17.7 Å². The van der Waals surface area contributed by atoms with E-state index in [1.54, 1.807) is 24.3 Å². The fourth-order valence-electron chi connectivity index (χ4n) is 2.00. The molecular formula is C13H16N2O4. The number of carbonyl (C=O) groups is 2. The lowest BCUT2D eigenvalue weighted by atomic mass is 9.77. The van der Waals surface area contributed by atoms with Crippen molar-refractivity contribution in [1.82, 2.24) is 5.32 Å². The van der Waals surface area contributed by atoms with E-state index in [2.05, 4.69) is 10.6 Å². The van der Waals surface area contributed by atoms with Gasteiger partial charge in [-0.05, 0) is 31.4 Å². The molecule has 0 atom stereocenters. The fraction of sp³-hybridized carbons (Fsp3) is 0.385. The molecule has 1 fully saturated rings. The van der Waals surface area contributed by atoms with Gasteiger partial charge in [-0.2, -0.15) is 0 Å². The van der Waals surface area contributed by atoms with E-state index in [1.165, 1.54) is 7.11 Å². The topological polar surface area (TPSA) is 87.7 Å². The first-order chi connectivity index (χ1) is 9.05. The highest BCUT2D eigenvalue weighted by atomic mass is 16.5. The summed E-state index contributed by atoms with van der Waals surface area (Å²) in [4.78, 5) is 22.9. The average Bonchev–Trinajstić information content (AvgIpc) is 2.33. The largest absolute Gasteiger partial charge is 0.497 e. The number of rotatable bonds is 4. The molecule has 3 N–H and O–H groups in total. The molecule has 1 saturated carbocycles. The number of urea groups is 1. The van der Waals surface area contributed by atoms with E-state index in [9.17, 15) is 9.59 Å². The molecule has 1 aliphatic rings. The van der Waals surface area contributed by atoms with Crippen LogP contribution in [0.3, 0.4) is 0 Å². The molecule has 6 nitrogen and oxygen atoms in total. The molecular weight excluding hydrogens is 248 g/mol. The second-order valence-electron chi connectivity index (χ2n) is 4.55. The number of methoxy groups -OCH3 is 1. The van der Waals surface area contributed by atoms with Crippen molar-refractivity contribution in [3.05, 3.63) is 24.3 Å². The minimum absolute atomic E-state index is 0.466. The normalized spacial score (nSPS) is 16.1. The number of ether oxygens (including phenoxy) is 1. The molecule has 0 aliphatic heterocycles. The summed E-state index contributed by atoms with van der Waals surface area (Å²) in [6.45, 7) is 0. The van der Waals surface area contributed by atoms with E-state index in [0.29, 0.717) is 24.3 Å². The highest BCUT2D eigenvalue weighted by Gasteiger charge is 2.45. The maximum Gasteiger partial charge on any atom is 0.329 e. The number of hydrogen-bond acceptors (Lipinski definition) is 3. The van der Waals surface area contributed by atoms with Crippen LogP contribution in [0.25, 0.3) is 0 Å². The Labute approximate surface area is 110 Å². The van der Waals surface area contributed by atoms with Gasteiger partial charge >= 0.3 is 12.0 Å². The Hall–Kier alpha value is -2.24. The van der Waals surface area contributed by atoms with Crippen molar-refractivity contribution in [1.29, 1.82) is 0 Å². The van der Waals surface area contributed by atoms with E-state index >= 15 is 0 Å². The van der Waals surface area contributed by atoms with Crippen molar-refractivity contribution in [2.45, 2.75) is 24.8 Å². The van der Waals surface area contributed by atoms with Crippen LogP contribution < -0.4 is 15.4 Å². The van der Waals surface area contributed by atoms with E-state index < -0.39 is 17.5 Å². The smallest absolute Gasteiger partial charge is 0.329 e. The second-order valence-corrected chi connectivity index (χ2v) is 4.55. The minimum atomic E-state index is -1.11. The third-order valence-corrected chi connectivity index (χ3v) is 3.30. The Morgan fingerprint density at radius 3 is 2.63 bits per heavy atom. The zero-order valence-corrected chi connectivity index (χ0v) is 10.6. The molecule has 0 spiro atoms. The van der Waals surface area contributed by atoms with Gasteiger partial charge in [-0.15, -0.1) is 0 Å². The summed E-state index contributed by atoms with van der Waals surface area (Å²) < 4.78 is 5.04. The Balaban J connectivity index is 1.99. The van der Waals surface area contributed by atoms with Crippen molar-refractivity contribution in [3.8, 4) is 5.75 Å². The molecule has 0 radical (unpaired) electrons. The predicted molar refractivity (Wildman–Crippen MR) is 69.4 cm³/mol. The Morgan fingerprint density at radius 2 is 2.11 bits per heavy atom. The molecule has 6 heteroatoms. The van der Waals surface area contributed by atoms with Crippen LogP contribution in [0.5, 0.6) is 5.75 Å². The summed E-state index contributed by atoms with van der Waals surface area (Å²) in [6.07, 6.45) is 1.74. The first-order valence-corrected chi connectivity index (χ1v) is 6.02. The molecule has 0 saturated heterocycles. The van der Waals surface area contributed by atoms with Crippen LogP contribution in [-0.4, -0.2) is 29.8 Å². The Bertz CT molecular complexity index is 497. The summed E-state index contributed by atoms with van der Waals surface area (Å²) >= 11 is 0.